The molecule has 0 saturated heterocycles. The number of para-hydroxylation sites is 1. The summed E-state index contributed by atoms with van der Waals surface area (Å²) >= 11 is 1.93. The van der Waals surface area contributed by atoms with E-state index in [0.29, 0.717) is 23.2 Å². The zero-order chi connectivity index (χ0) is 28.2. The minimum absolute atomic E-state index is 0.0127. The van der Waals surface area contributed by atoms with Gasteiger partial charge in [0.2, 0.25) is 0 Å². The lowest BCUT2D eigenvalue weighted by atomic mass is 9.45. The van der Waals surface area contributed by atoms with E-state index in [1.807, 2.05) is 11.3 Å². The lowest BCUT2D eigenvalue weighted by molar-refractivity contribution is -0.151. The molecular formula is C35H50N2O2S. The molecule has 0 unspecified atom stereocenters. The Morgan fingerprint density at radius 2 is 1.75 bits per heavy atom. The zero-order valence-electron chi connectivity index (χ0n) is 25.5. The van der Waals surface area contributed by atoms with Crippen molar-refractivity contribution in [3.05, 3.63) is 40.9 Å². The number of fused-ring (bicyclic) bond motifs is 8. The Balaban J connectivity index is 1.37. The molecule has 5 heteroatoms. The van der Waals surface area contributed by atoms with Crippen LogP contribution in [0.1, 0.15) is 122 Å². The fourth-order valence-corrected chi connectivity index (χ4v) is 11.3. The summed E-state index contributed by atoms with van der Waals surface area (Å²) in [5.74, 6) is 4.67. The number of hydrogen-bond acceptors (Lipinski definition) is 5. The van der Waals surface area contributed by atoms with Crippen molar-refractivity contribution in [1.82, 2.24) is 4.98 Å². The molecule has 3 fully saturated rings. The maximum absolute atomic E-state index is 11.9. The van der Waals surface area contributed by atoms with Crippen LogP contribution in [0.4, 0.5) is 10.8 Å². The van der Waals surface area contributed by atoms with Gasteiger partial charge >= 0.3 is 5.97 Å². The quantitative estimate of drug-likeness (QED) is 0.341. The first-order chi connectivity index (χ1) is 19.1. The Kier molecular flexibility index (Phi) is 7.59. The van der Waals surface area contributed by atoms with Crippen LogP contribution in [-0.2, 0) is 9.53 Å². The van der Waals surface area contributed by atoms with Gasteiger partial charge in [0.1, 0.15) is 6.10 Å². The highest BCUT2D eigenvalue weighted by atomic mass is 32.1. The Bertz CT molecular complexity index is 1210. The summed E-state index contributed by atoms with van der Waals surface area (Å²) in [5.41, 5.74) is 3.06. The monoisotopic (exact) mass is 562 g/mol. The predicted molar refractivity (Wildman–Crippen MR) is 165 cm³/mol. The van der Waals surface area contributed by atoms with E-state index < -0.39 is 0 Å². The molecule has 0 amide bonds. The van der Waals surface area contributed by atoms with Crippen LogP contribution in [0.15, 0.2) is 30.3 Å². The van der Waals surface area contributed by atoms with Gasteiger partial charge in [-0.1, -0.05) is 65.7 Å². The molecule has 4 nitrogen and oxygen atoms in total. The first kappa shape index (κ1) is 28.2. The molecule has 1 aromatic heterocycles. The highest BCUT2D eigenvalue weighted by molar-refractivity contribution is 7.15. The summed E-state index contributed by atoms with van der Waals surface area (Å²) in [7, 11) is 0. The molecule has 2 aromatic rings. The van der Waals surface area contributed by atoms with E-state index in [-0.39, 0.29) is 17.5 Å². The number of esters is 1. The summed E-state index contributed by atoms with van der Waals surface area (Å²) in [6.45, 7) is 14.1. The smallest absolute Gasteiger partial charge is 0.302 e. The Labute approximate surface area is 246 Å². The second-order valence-electron chi connectivity index (χ2n) is 14.7. The van der Waals surface area contributed by atoms with Gasteiger partial charge in [-0.15, -0.1) is 11.3 Å². The van der Waals surface area contributed by atoms with E-state index >= 15 is 0 Å². The largest absolute Gasteiger partial charge is 0.463 e. The van der Waals surface area contributed by atoms with Gasteiger partial charge in [-0.05, 0) is 97.5 Å². The second kappa shape index (κ2) is 10.7. The van der Waals surface area contributed by atoms with Gasteiger partial charge in [0.15, 0.2) is 5.13 Å². The van der Waals surface area contributed by atoms with Gasteiger partial charge in [-0.3, -0.25) is 4.79 Å². The predicted octanol–water partition coefficient (Wildman–Crippen LogP) is 9.70. The van der Waals surface area contributed by atoms with Crippen molar-refractivity contribution in [2.75, 3.05) is 5.32 Å². The maximum atomic E-state index is 11.9. The van der Waals surface area contributed by atoms with Crippen LogP contribution in [0.25, 0.3) is 0 Å². The zero-order valence-corrected chi connectivity index (χ0v) is 26.4. The van der Waals surface area contributed by atoms with E-state index in [1.54, 1.807) is 11.8 Å². The average Bonchev–Trinajstić information content (AvgIpc) is 3.49. The van der Waals surface area contributed by atoms with Crippen molar-refractivity contribution in [3.63, 3.8) is 0 Å². The molecular weight excluding hydrogens is 512 g/mol. The third-order valence-corrected chi connectivity index (χ3v) is 13.1. The van der Waals surface area contributed by atoms with Crippen molar-refractivity contribution in [2.24, 2.45) is 40.4 Å². The SMILES string of the molecule is CC(=O)O[C@H]1CC[C@@]2(C)[C@H](C1)c1nc(Nc3ccccc3)sc1[C@@H]1[C@@H]2CC[C@]2(C)[C@@H]([C@H](C)CCC(C)C)CC[C@@H]12. The first-order valence-electron chi connectivity index (χ1n) is 16.1. The van der Waals surface area contributed by atoms with Crippen LogP contribution in [0, 0.1) is 40.4 Å². The third-order valence-electron chi connectivity index (χ3n) is 12.0. The Hall–Kier alpha value is -1.88. The van der Waals surface area contributed by atoms with Crippen LogP contribution in [0.3, 0.4) is 0 Å². The lowest BCUT2D eigenvalue weighted by Gasteiger charge is -2.60. The van der Waals surface area contributed by atoms with Crippen LogP contribution >= 0.6 is 11.3 Å². The number of aromatic nitrogens is 1. The number of anilines is 2. The number of benzene rings is 1. The summed E-state index contributed by atoms with van der Waals surface area (Å²) in [6.07, 6.45) is 11.2. The molecule has 0 radical (unpaired) electrons. The highest BCUT2D eigenvalue weighted by Crippen LogP contribution is 2.72. The average molecular weight is 563 g/mol. The van der Waals surface area contributed by atoms with Crippen molar-refractivity contribution in [1.29, 1.82) is 0 Å². The molecule has 218 valence electrons. The molecule has 40 heavy (non-hydrogen) atoms. The van der Waals surface area contributed by atoms with E-state index in [2.05, 4.69) is 70.3 Å². The summed E-state index contributed by atoms with van der Waals surface area (Å²) in [4.78, 5) is 18.9. The van der Waals surface area contributed by atoms with E-state index in [0.717, 1.165) is 53.8 Å². The number of nitrogens with zero attached hydrogens (tertiary/aromatic N) is 1. The van der Waals surface area contributed by atoms with Crippen molar-refractivity contribution < 1.29 is 9.53 Å². The standard InChI is InChI=1S/C35H50N2O2S/c1-21(2)12-13-22(3)26-14-15-27-30-28(17-19-34(26,27)5)35(6)18-16-25(39-23(4)38)20-29(35)31-32(30)40-33(37-31)36-24-10-8-7-9-11-24/h7-11,21-22,25-30H,12-20H2,1-6H3,(H,36,37)/t22-,25+,26-,27+,28+,29-,30+,34-,35-/m1/s1. The summed E-state index contributed by atoms with van der Waals surface area (Å²) < 4.78 is 5.83. The first-order valence-corrected chi connectivity index (χ1v) is 16.9. The van der Waals surface area contributed by atoms with Crippen molar-refractivity contribution in [2.45, 2.75) is 117 Å². The number of rotatable bonds is 7. The topological polar surface area (TPSA) is 51.2 Å². The normalized spacial score (nSPS) is 37.2. The molecule has 3 saturated carbocycles. The van der Waals surface area contributed by atoms with Gasteiger partial charge < -0.3 is 10.1 Å². The number of ether oxygens (including phenoxy) is 1. The Morgan fingerprint density at radius 1 is 1.02 bits per heavy atom. The number of carbonyl (C=O) groups is 1. The lowest BCUT2D eigenvalue weighted by Crippen LogP contribution is -2.52. The second-order valence-corrected chi connectivity index (χ2v) is 15.8. The van der Waals surface area contributed by atoms with Crippen LogP contribution in [0.5, 0.6) is 0 Å². The van der Waals surface area contributed by atoms with Gasteiger partial charge in [-0.25, -0.2) is 4.98 Å². The van der Waals surface area contributed by atoms with E-state index in [9.17, 15) is 4.79 Å². The van der Waals surface area contributed by atoms with Gasteiger partial charge in [0, 0.05) is 29.3 Å². The van der Waals surface area contributed by atoms with Crippen LogP contribution in [-0.4, -0.2) is 17.1 Å². The molecule has 1 heterocycles. The number of thiazole rings is 1. The van der Waals surface area contributed by atoms with E-state index in [1.165, 1.54) is 44.2 Å². The fraction of sp³-hybridized carbons (Fsp3) is 0.714. The van der Waals surface area contributed by atoms with Crippen molar-refractivity contribution in [3.8, 4) is 0 Å². The number of carbonyl (C=O) groups excluding carboxylic acids is 1. The minimum Gasteiger partial charge on any atom is -0.463 e. The molecule has 0 bridgehead atoms. The molecule has 1 aromatic carbocycles. The number of nitrogens with one attached hydrogen (secondary N) is 1. The van der Waals surface area contributed by atoms with E-state index in [4.69, 9.17) is 9.72 Å². The maximum Gasteiger partial charge on any atom is 0.302 e. The van der Waals surface area contributed by atoms with Gasteiger partial charge in [0.05, 0.1) is 5.69 Å². The highest BCUT2D eigenvalue weighted by Gasteiger charge is 2.63. The number of hydrogen-bond donors (Lipinski definition) is 1. The summed E-state index contributed by atoms with van der Waals surface area (Å²) in [6, 6.07) is 10.5. The van der Waals surface area contributed by atoms with Crippen LogP contribution in [0.2, 0.25) is 0 Å². The van der Waals surface area contributed by atoms with Crippen LogP contribution < -0.4 is 5.32 Å². The fourth-order valence-electron chi connectivity index (χ4n) is 10.1. The third kappa shape index (κ3) is 4.82. The summed E-state index contributed by atoms with van der Waals surface area (Å²) in [5, 5.41) is 4.68. The van der Waals surface area contributed by atoms with Crippen molar-refractivity contribution >= 4 is 28.1 Å². The minimum atomic E-state index is -0.149. The Morgan fingerprint density at radius 3 is 2.48 bits per heavy atom. The molecule has 0 aliphatic heterocycles. The molecule has 1 N–H and O–H groups in total. The van der Waals surface area contributed by atoms with Gasteiger partial charge in [0.25, 0.3) is 0 Å². The molecule has 9 atom stereocenters. The molecule has 0 spiro atoms. The molecule has 4 aliphatic carbocycles. The van der Waals surface area contributed by atoms with Gasteiger partial charge in [-0.2, -0.15) is 0 Å². The molecule has 6 rings (SSSR count). The molecule has 4 aliphatic rings.